The van der Waals surface area contributed by atoms with Crippen LogP contribution in [0, 0.1) is 0 Å². The van der Waals surface area contributed by atoms with E-state index in [4.69, 9.17) is 0 Å². The Balaban J connectivity index is 0.00000588. The van der Waals surface area contributed by atoms with Gasteiger partial charge in [-0.1, -0.05) is 120 Å². The Morgan fingerprint density at radius 1 is 0.561 bits per heavy atom. The van der Waals surface area contributed by atoms with E-state index in [-0.39, 0.29) is 38.4 Å². The summed E-state index contributed by atoms with van der Waals surface area (Å²) >= 11 is 0. The van der Waals surface area contributed by atoms with Crippen molar-refractivity contribution in [2.75, 3.05) is 0 Å². The summed E-state index contributed by atoms with van der Waals surface area (Å²) in [6.07, 6.45) is 4.61. The zero-order valence-corrected chi connectivity index (χ0v) is 29.0. The van der Waals surface area contributed by atoms with Gasteiger partial charge in [0, 0.05) is 36.3 Å². The normalized spacial score (nSPS) is 18.7. The maximum atomic E-state index is 11.3. The number of phenolic OH excluding ortho intramolecular Hbond substituents is 2. The Morgan fingerprint density at radius 3 is 1.15 bits per heavy atom. The predicted octanol–water partition coefficient (Wildman–Crippen LogP) is 8.48. The molecular weight excluding hydrogens is 551 g/mol. The van der Waals surface area contributed by atoms with E-state index in [2.05, 4.69) is 118 Å². The van der Waals surface area contributed by atoms with Gasteiger partial charge in [0.2, 0.25) is 0 Å². The molecule has 0 aliphatic heterocycles. The van der Waals surface area contributed by atoms with E-state index in [0.717, 1.165) is 35.1 Å². The molecule has 2 atom stereocenters. The van der Waals surface area contributed by atoms with E-state index in [1.807, 2.05) is 0 Å². The molecule has 41 heavy (non-hydrogen) atoms. The van der Waals surface area contributed by atoms with Crippen LogP contribution in [0.1, 0.15) is 142 Å². The van der Waals surface area contributed by atoms with Gasteiger partial charge < -0.3 is 20.8 Å². The van der Waals surface area contributed by atoms with E-state index in [0.29, 0.717) is 36.7 Å². The van der Waals surface area contributed by atoms with Gasteiger partial charge in [0.1, 0.15) is 11.5 Å². The first-order valence-corrected chi connectivity index (χ1v) is 15.4. The molecule has 5 heteroatoms. The first-order valence-electron chi connectivity index (χ1n) is 15.4. The maximum Gasteiger partial charge on any atom is 2.00 e. The van der Waals surface area contributed by atoms with E-state index in [9.17, 15) is 10.2 Å². The molecule has 1 saturated carbocycles. The number of aromatic hydroxyl groups is 2. The van der Waals surface area contributed by atoms with Crippen LogP contribution in [0.25, 0.3) is 0 Å². The van der Waals surface area contributed by atoms with Crippen LogP contribution in [-0.2, 0) is 51.5 Å². The summed E-state index contributed by atoms with van der Waals surface area (Å²) in [7, 11) is 0. The summed E-state index contributed by atoms with van der Waals surface area (Å²) in [5.74, 6) is 0.846. The van der Waals surface area contributed by atoms with E-state index in [1.54, 1.807) is 0 Å². The van der Waals surface area contributed by atoms with Crippen LogP contribution < -0.4 is 10.6 Å². The Morgan fingerprint density at radius 2 is 0.878 bits per heavy atom. The molecule has 0 heterocycles. The average molecular weight is 610 g/mol. The Labute approximate surface area is 261 Å². The van der Waals surface area contributed by atoms with Gasteiger partial charge >= 0.3 is 16.8 Å². The third-order valence-electron chi connectivity index (χ3n) is 8.60. The van der Waals surface area contributed by atoms with Gasteiger partial charge in [-0.25, -0.2) is 0 Å². The minimum absolute atomic E-state index is 0. The van der Waals surface area contributed by atoms with Gasteiger partial charge in [0.15, 0.2) is 0 Å². The number of hydrogen-bond donors (Lipinski definition) is 4. The molecule has 2 aromatic rings. The van der Waals surface area contributed by atoms with Crippen LogP contribution in [-0.4, -0.2) is 22.3 Å². The Hall–Kier alpha value is -1.53. The molecule has 4 nitrogen and oxygen atoms in total. The van der Waals surface area contributed by atoms with Crippen molar-refractivity contribution in [2.45, 2.75) is 156 Å². The van der Waals surface area contributed by atoms with Crippen LogP contribution >= 0.6 is 0 Å². The Bertz CT molecular complexity index is 1080. The molecule has 1 radical (unpaired) electrons. The van der Waals surface area contributed by atoms with E-state index >= 15 is 0 Å². The molecule has 4 N–H and O–H groups in total. The third kappa shape index (κ3) is 8.98. The number of nitrogens with one attached hydrogen (secondary N) is 2. The van der Waals surface area contributed by atoms with Crippen molar-refractivity contribution in [2.24, 2.45) is 0 Å². The fourth-order valence-electron chi connectivity index (χ4n) is 5.77. The maximum absolute atomic E-state index is 11.3. The van der Waals surface area contributed by atoms with E-state index in [1.165, 1.54) is 24.0 Å². The van der Waals surface area contributed by atoms with Gasteiger partial charge in [-0.2, -0.15) is 0 Å². The predicted molar refractivity (Wildman–Crippen MR) is 171 cm³/mol. The summed E-state index contributed by atoms with van der Waals surface area (Å²) in [6.45, 7) is 27.7. The van der Waals surface area contributed by atoms with Crippen molar-refractivity contribution < 1.29 is 27.0 Å². The topological polar surface area (TPSA) is 64.5 Å². The van der Waals surface area contributed by atoms with Crippen molar-refractivity contribution in [1.29, 1.82) is 0 Å². The van der Waals surface area contributed by atoms with Crippen molar-refractivity contribution in [3.05, 3.63) is 57.6 Å². The molecule has 231 valence electrons. The first kappa shape index (κ1) is 35.7. The number of rotatable bonds is 6. The zero-order valence-electron chi connectivity index (χ0n) is 27.9. The molecule has 0 aromatic heterocycles. The summed E-state index contributed by atoms with van der Waals surface area (Å²) in [6, 6.07) is 9.36. The van der Waals surface area contributed by atoms with Crippen LogP contribution in [0.5, 0.6) is 11.5 Å². The fraction of sp³-hybridized carbons (Fsp3) is 0.667. The summed E-state index contributed by atoms with van der Waals surface area (Å²) < 4.78 is 0. The molecule has 2 aromatic carbocycles. The zero-order chi connectivity index (χ0) is 30.3. The SMILES string of the molecule is CC(C)(C)c1cc(CNC2CCCCC2NCc2cc(C(C)(C)C)cc(C(C)(C)C)c2O)c(O)c(C(C)(C)C)c1.[Co+2]. The average Bonchev–Trinajstić information content (AvgIpc) is 2.80. The smallest absolute Gasteiger partial charge is 0.507 e. The van der Waals surface area contributed by atoms with Gasteiger partial charge in [0.25, 0.3) is 0 Å². The monoisotopic (exact) mass is 609 g/mol. The molecule has 0 saturated heterocycles. The number of benzene rings is 2. The van der Waals surface area contributed by atoms with Gasteiger partial charge in [-0.15, -0.1) is 0 Å². The molecule has 1 fully saturated rings. The standard InChI is InChI=1S/C36H58N2O2.Co/c1-33(2,3)25-17-23(31(39)27(19-25)35(7,8)9)21-37-29-15-13-14-16-30(29)38-22-24-18-26(34(4,5)6)20-28(32(24)40)36(10,11)12;/h17-20,29-30,37-40H,13-16,21-22H2,1-12H3;/q;+2. The van der Waals surface area contributed by atoms with Crippen LogP contribution in [0.15, 0.2) is 24.3 Å². The van der Waals surface area contributed by atoms with Gasteiger partial charge in [-0.05, 0) is 56.8 Å². The summed E-state index contributed by atoms with van der Waals surface area (Å²) in [5.41, 5.74) is 6.25. The van der Waals surface area contributed by atoms with Crippen molar-refractivity contribution in [1.82, 2.24) is 10.6 Å². The van der Waals surface area contributed by atoms with Crippen molar-refractivity contribution >= 4 is 0 Å². The minimum atomic E-state index is -0.134. The van der Waals surface area contributed by atoms with Crippen LogP contribution in [0.4, 0.5) is 0 Å². The number of hydrogen-bond acceptors (Lipinski definition) is 4. The molecular formula is C36H58CoN2O2+2. The summed E-state index contributed by atoms with van der Waals surface area (Å²) in [5, 5.41) is 30.2. The van der Waals surface area contributed by atoms with Gasteiger partial charge in [-0.3, -0.25) is 0 Å². The Kier molecular flexibility index (Phi) is 11.3. The summed E-state index contributed by atoms with van der Waals surface area (Å²) in [4.78, 5) is 0. The second kappa shape index (κ2) is 13.0. The minimum Gasteiger partial charge on any atom is -0.507 e. The van der Waals surface area contributed by atoms with E-state index < -0.39 is 0 Å². The van der Waals surface area contributed by atoms with Crippen LogP contribution in [0.3, 0.4) is 0 Å². The van der Waals surface area contributed by atoms with Crippen molar-refractivity contribution in [3.63, 3.8) is 0 Å². The molecule has 1 aliphatic carbocycles. The second-order valence-electron chi connectivity index (χ2n) is 16.3. The molecule has 0 spiro atoms. The molecule has 1 aliphatic rings. The second-order valence-corrected chi connectivity index (χ2v) is 16.3. The molecule has 2 unspecified atom stereocenters. The molecule has 3 rings (SSSR count). The first-order chi connectivity index (χ1) is 18.2. The van der Waals surface area contributed by atoms with Crippen molar-refractivity contribution in [3.8, 4) is 11.5 Å². The molecule has 0 amide bonds. The van der Waals surface area contributed by atoms with Gasteiger partial charge in [0.05, 0.1) is 0 Å². The third-order valence-corrected chi connectivity index (χ3v) is 8.60. The van der Waals surface area contributed by atoms with Crippen LogP contribution in [0.2, 0.25) is 0 Å². The number of phenols is 2. The largest absolute Gasteiger partial charge is 2.00 e. The quantitative estimate of drug-likeness (QED) is 0.265. The molecule has 0 bridgehead atoms. The fourth-order valence-corrected chi connectivity index (χ4v) is 5.77.